The van der Waals surface area contributed by atoms with Gasteiger partial charge in [-0.05, 0) is 31.2 Å². The van der Waals surface area contributed by atoms with E-state index in [-0.39, 0.29) is 30.6 Å². The average Bonchev–Trinajstić information content (AvgIpc) is 2.62. The summed E-state index contributed by atoms with van der Waals surface area (Å²) in [6.45, 7) is 5.81. The molecule has 24 heavy (non-hydrogen) atoms. The van der Waals surface area contributed by atoms with Crippen molar-refractivity contribution in [3.05, 3.63) is 35.9 Å². The Morgan fingerprint density at radius 3 is 2.38 bits per heavy atom. The maximum Gasteiger partial charge on any atom is 0.407 e. The molecule has 1 N–H and O–H groups in total. The molecule has 2 amide bonds. The van der Waals surface area contributed by atoms with Crippen molar-refractivity contribution in [1.82, 2.24) is 10.2 Å². The van der Waals surface area contributed by atoms with Gasteiger partial charge in [-0.2, -0.15) is 0 Å². The van der Waals surface area contributed by atoms with E-state index in [1.165, 1.54) is 0 Å². The number of likely N-dealkylation sites (tertiary alicyclic amines) is 1. The summed E-state index contributed by atoms with van der Waals surface area (Å²) in [7, 11) is 0. The summed E-state index contributed by atoms with van der Waals surface area (Å²) in [5.41, 5.74) is 0.971. The van der Waals surface area contributed by atoms with Crippen molar-refractivity contribution < 1.29 is 14.3 Å². The first-order valence-electron chi connectivity index (χ1n) is 8.90. The molecule has 1 aliphatic rings. The van der Waals surface area contributed by atoms with Gasteiger partial charge in [0.25, 0.3) is 0 Å². The predicted octanol–water partition coefficient (Wildman–Crippen LogP) is 3.34. The maximum absolute atomic E-state index is 12.4. The van der Waals surface area contributed by atoms with Crippen molar-refractivity contribution in [3.63, 3.8) is 0 Å². The zero-order valence-corrected chi connectivity index (χ0v) is 14.7. The fourth-order valence-corrected chi connectivity index (χ4v) is 3.07. The van der Waals surface area contributed by atoms with Crippen molar-refractivity contribution >= 4 is 12.0 Å². The monoisotopic (exact) mass is 332 g/mol. The van der Waals surface area contributed by atoms with Crippen molar-refractivity contribution in [2.45, 2.75) is 52.2 Å². The van der Waals surface area contributed by atoms with Crippen LogP contribution in [0.2, 0.25) is 0 Å². The number of rotatable bonds is 6. The molecule has 0 unspecified atom stereocenters. The second kappa shape index (κ2) is 9.30. The molecule has 1 aromatic rings. The van der Waals surface area contributed by atoms with E-state index in [1.54, 1.807) is 0 Å². The van der Waals surface area contributed by atoms with Crippen LogP contribution in [0.5, 0.6) is 0 Å². The van der Waals surface area contributed by atoms with Gasteiger partial charge >= 0.3 is 6.09 Å². The molecule has 1 aromatic carbocycles. The summed E-state index contributed by atoms with van der Waals surface area (Å²) < 4.78 is 5.25. The lowest BCUT2D eigenvalue weighted by molar-refractivity contribution is -0.136. The lowest BCUT2D eigenvalue weighted by Crippen LogP contribution is -2.48. The van der Waals surface area contributed by atoms with E-state index in [4.69, 9.17) is 4.74 Å². The molecule has 1 heterocycles. The van der Waals surface area contributed by atoms with Gasteiger partial charge in [-0.1, -0.05) is 44.2 Å². The third kappa shape index (κ3) is 5.25. The van der Waals surface area contributed by atoms with Gasteiger partial charge in [-0.3, -0.25) is 4.79 Å². The number of carbonyl (C=O) groups is 2. The number of nitrogens with zero attached hydrogens (tertiary/aromatic N) is 1. The first-order valence-corrected chi connectivity index (χ1v) is 8.90. The largest absolute Gasteiger partial charge is 0.445 e. The van der Waals surface area contributed by atoms with Crippen LogP contribution in [0.3, 0.4) is 0 Å². The number of amides is 2. The van der Waals surface area contributed by atoms with Gasteiger partial charge in [0.15, 0.2) is 0 Å². The number of nitrogens with one attached hydrogen (secondary N) is 1. The van der Waals surface area contributed by atoms with Crippen LogP contribution in [0.1, 0.15) is 45.1 Å². The minimum atomic E-state index is -0.386. The van der Waals surface area contributed by atoms with Crippen LogP contribution in [-0.4, -0.2) is 36.0 Å². The van der Waals surface area contributed by atoms with Crippen molar-refractivity contribution in [2.75, 3.05) is 13.1 Å². The Labute approximate surface area is 144 Å². The normalized spacial score (nSPS) is 15.4. The van der Waals surface area contributed by atoms with E-state index >= 15 is 0 Å². The number of hydrogen-bond acceptors (Lipinski definition) is 3. The van der Waals surface area contributed by atoms with Gasteiger partial charge in [0.1, 0.15) is 6.61 Å². The molecule has 1 fully saturated rings. The van der Waals surface area contributed by atoms with Crippen LogP contribution in [0.4, 0.5) is 4.79 Å². The molecule has 0 aliphatic carbocycles. The predicted molar refractivity (Wildman–Crippen MR) is 93.4 cm³/mol. The molecule has 5 nitrogen and oxygen atoms in total. The zero-order valence-electron chi connectivity index (χ0n) is 14.7. The Bertz CT molecular complexity index is 521. The number of alkyl carbamates (subject to hydrolysis) is 1. The third-order valence-electron chi connectivity index (χ3n) is 4.68. The Balaban J connectivity index is 1.70. The summed E-state index contributed by atoms with van der Waals surface area (Å²) >= 11 is 0. The maximum atomic E-state index is 12.4. The molecule has 0 radical (unpaired) electrons. The van der Waals surface area contributed by atoms with Gasteiger partial charge in [-0.25, -0.2) is 4.79 Å². The molecule has 1 aliphatic heterocycles. The molecule has 0 spiro atoms. The molecule has 5 heteroatoms. The van der Waals surface area contributed by atoms with E-state index < -0.39 is 0 Å². The molecule has 0 bridgehead atoms. The fraction of sp³-hybridized carbons (Fsp3) is 0.579. The van der Waals surface area contributed by atoms with E-state index in [9.17, 15) is 9.59 Å². The lowest BCUT2D eigenvalue weighted by Gasteiger charge is -2.34. The molecule has 2 rings (SSSR count). The highest BCUT2D eigenvalue weighted by molar-refractivity contribution is 5.78. The molecule has 0 saturated carbocycles. The summed E-state index contributed by atoms with van der Waals surface area (Å²) in [5.74, 6) is 0.385. The minimum absolute atomic E-state index is 0.0824. The van der Waals surface area contributed by atoms with E-state index in [0.717, 1.165) is 31.2 Å². The number of carbonyl (C=O) groups excluding carboxylic acids is 2. The van der Waals surface area contributed by atoms with Gasteiger partial charge in [0.05, 0.1) is 0 Å². The van der Waals surface area contributed by atoms with Crippen molar-refractivity contribution in [3.8, 4) is 0 Å². The standard InChI is InChI=1S/C19H28N2O3/c1-3-16(4-2)18(22)21-12-10-17(11-13-21)20-19(23)24-14-15-8-6-5-7-9-15/h5-9,16-17H,3-4,10-14H2,1-2H3,(H,20,23). The van der Waals surface area contributed by atoms with Gasteiger partial charge in [-0.15, -0.1) is 0 Å². The highest BCUT2D eigenvalue weighted by atomic mass is 16.5. The zero-order chi connectivity index (χ0) is 17.4. The molecule has 0 aromatic heterocycles. The summed E-state index contributed by atoms with van der Waals surface area (Å²) in [6, 6.07) is 9.70. The Morgan fingerprint density at radius 2 is 1.79 bits per heavy atom. The first kappa shape index (κ1) is 18.3. The highest BCUT2D eigenvalue weighted by Gasteiger charge is 2.27. The fourth-order valence-electron chi connectivity index (χ4n) is 3.07. The summed E-state index contributed by atoms with van der Waals surface area (Å²) in [5, 5.41) is 2.91. The number of piperidine rings is 1. The number of benzene rings is 1. The van der Waals surface area contributed by atoms with Gasteiger partial charge in [0, 0.05) is 25.0 Å². The number of hydrogen-bond donors (Lipinski definition) is 1. The van der Waals surface area contributed by atoms with Crippen LogP contribution in [0.15, 0.2) is 30.3 Å². The molecule has 132 valence electrons. The molecule has 1 saturated heterocycles. The molecular formula is C19H28N2O3. The second-order valence-electron chi connectivity index (χ2n) is 6.32. The van der Waals surface area contributed by atoms with E-state index in [1.807, 2.05) is 35.2 Å². The number of ether oxygens (including phenoxy) is 1. The average molecular weight is 332 g/mol. The first-order chi connectivity index (χ1) is 11.6. The van der Waals surface area contributed by atoms with Crippen LogP contribution in [-0.2, 0) is 16.1 Å². The van der Waals surface area contributed by atoms with E-state index in [2.05, 4.69) is 19.2 Å². The van der Waals surface area contributed by atoms with Crippen molar-refractivity contribution in [1.29, 1.82) is 0 Å². The SMILES string of the molecule is CCC(CC)C(=O)N1CCC(NC(=O)OCc2ccccc2)CC1. The third-order valence-corrected chi connectivity index (χ3v) is 4.68. The lowest BCUT2D eigenvalue weighted by atomic mass is 9.98. The van der Waals surface area contributed by atoms with E-state index in [0.29, 0.717) is 13.1 Å². The van der Waals surface area contributed by atoms with Crippen LogP contribution in [0, 0.1) is 5.92 Å². The Kier molecular flexibility index (Phi) is 7.09. The van der Waals surface area contributed by atoms with Gasteiger partial charge < -0.3 is 15.0 Å². The molecular weight excluding hydrogens is 304 g/mol. The second-order valence-corrected chi connectivity index (χ2v) is 6.32. The summed E-state index contributed by atoms with van der Waals surface area (Å²) in [6.07, 6.45) is 2.96. The topological polar surface area (TPSA) is 58.6 Å². The van der Waals surface area contributed by atoms with Crippen LogP contribution < -0.4 is 5.32 Å². The van der Waals surface area contributed by atoms with Crippen LogP contribution in [0.25, 0.3) is 0 Å². The smallest absolute Gasteiger partial charge is 0.407 e. The van der Waals surface area contributed by atoms with Crippen molar-refractivity contribution in [2.24, 2.45) is 5.92 Å². The quantitative estimate of drug-likeness (QED) is 0.869. The Hall–Kier alpha value is -2.04. The van der Waals surface area contributed by atoms with Crippen LogP contribution >= 0.6 is 0 Å². The highest BCUT2D eigenvalue weighted by Crippen LogP contribution is 2.17. The minimum Gasteiger partial charge on any atom is -0.445 e. The Morgan fingerprint density at radius 1 is 1.17 bits per heavy atom. The van der Waals surface area contributed by atoms with Gasteiger partial charge in [0.2, 0.25) is 5.91 Å². The summed E-state index contributed by atoms with van der Waals surface area (Å²) in [4.78, 5) is 26.2. The molecule has 0 atom stereocenters.